The number of halogens is 1. The first-order valence-corrected chi connectivity index (χ1v) is 11.3. The first-order chi connectivity index (χ1) is 14.5. The summed E-state index contributed by atoms with van der Waals surface area (Å²) >= 11 is 3.02. The molecule has 2 heterocycles. The Labute approximate surface area is 192 Å². The van der Waals surface area contributed by atoms with Gasteiger partial charge in [-0.1, -0.05) is 30.3 Å². The zero-order chi connectivity index (χ0) is 21.3. The Bertz CT molecular complexity index is 1070. The van der Waals surface area contributed by atoms with E-state index in [0.717, 1.165) is 43.5 Å². The number of amides is 3. The van der Waals surface area contributed by atoms with E-state index in [4.69, 9.17) is 4.74 Å². The summed E-state index contributed by atoms with van der Waals surface area (Å²) in [6.45, 7) is 0.863. The minimum Gasteiger partial charge on any atom is -0.496 e. The highest BCUT2D eigenvalue weighted by atomic mass is 127. The predicted octanol–water partition coefficient (Wildman–Crippen LogP) is 3.92. The zero-order valence-corrected chi connectivity index (χ0v) is 19.2. The van der Waals surface area contributed by atoms with Crippen molar-refractivity contribution < 1.29 is 19.1 Å². The normalized spacial score (nSPS) is 17.5. The second kappa shape index (κ2) is 8.81. The van der Waals surface area contributed by atoms with Gasteiger partial charge in [0.05, 0.1) is 15.6 Å². The van der Waals surface area contributed by atoms with E-state index < -0.39 is 11.1 Å². The molecule has 154 valence electrons. The monoisotopic (exact) mass is 534 g/mol. The lowest BCUT2D eigenvalue weighted by molar-refractivity contribution is -0.136. The van der Waals surface area contributed by atoms with Gasteiger partial charge < -0.3 is 9.64 Å². The van der Waals surface area contributed by atoms with Crippen molar-refractivity contribution in [3.05, 3.63) is 67.6 Å². The number of benzene rings is 2. The average Bonchev–Trinajstić information content (AvgIpc) is 3.00. The van der Waals surface area contributed by atoms with Crippen LogP contribution in [0.25, 0.3) is 6.08 Å². The lowest BCUT2D eigenvalue weighted by Gasteiger charge is -2.29. The molecule has 1 saturated heterocycles. The maximum absolute atomic E-state index is 12.8. The van der Waals surface area contributed by atoms with Crippen LogP contribution >= 0.6 is 34.4 Å². The van der Waals surface area contributed by atoms with Gasteiger partial charge in [0.15, 0.2) is 0 Å². The molecule has 0 saturated carbocycles. The number of fused-ring (bicyclic) bond motifs is 1. The van der Waals surface area contributed by atoms with Gasteiger partial charge in [-0.2, -0.15) is 0 Å². The molecule has 0 spiro atoms. The second-order valence-electron chi connectivity index (χ2n) is 7.00. The van der Waals surface area contributed by atoms with E-state index in [1.165, 1.54) is 5.56 Å². The summed E-state index contributed by atoms with van der Waals surface area (Å²) in [7, 11) is 1.60. The highest BCUT2D eigenvalue weighted by molar-refractivity contribution is 14.1. The molecule has 0 radical (unpaired) electrons. The summed E-state index contributed by atoms with van der Waals surface area (Å²) in [5.74, 6) is 0.100. The summed E-state index contributed by atoms with van der Waals surface area (Å²) in [6.07, 6.45) is 2.45. The lowest BCUT2D eigenvalue weighted by atomic mass is 10.00. The molecule has 1 fully saturated rings. The van der Waals surface area contributed by atoms with Crippen LogP contribution < -0.4 is 4.74 Å². The largest absolute Gasteiger partial charge is 0.496 e. The molecule has 2 aromatic rings. The third-order valence-electron chi connectivity index (χ3n) is 5.12. The minimum absolute atomic E-state index is 0.216. The Morgan fingerprint density at radius 3 is 2.70 bits per heavy atom. The third-order valence-corrected chi connectivity index (χ3v) is 6.87. The topological polar surface area (TPSA) is 66.9 Å². The van der Waals surface area contributed by atoms with Crippen molar-refractivity contribution in [1.29, 1.82) is 0 Å². The molecule has 30 heavy (non-hydrogen) atoms. The van der Waals surface area contributed by atoms with Gasteiger partial charge in [0.25, 0.3) is 11.1 Å². The number of imide groups is 1. The molecule has 0 unspecified atom stereocenters. The van der Waals surface area contributed by atoms with Crippen LogP contribution in [0.4, 0.5) is 4.79 Å². The number of carbonyl (C=O) groups excluding carboxylic acids is 3. The number of thioether (sulfide) groups is 1. The molecule has 2 aliphatic rings. The smallest absolute Gasteiger partial charge is 0.294 e. The molecule has 0 aromatic heterocycles. The van der Waals surface area contributed by atoms with Gasteiger partial charge in [0.1, 0.15) is 12.3 Å². The van der Waals surface area contributed by atoms with Crippen LogP contribution in [0.15, 0.2) is 47.4 Å². The van der Waals surface area contributed by atoms with Crippen molar-refractivity contribution in [1.82, 2.24) is 9.80 Å². The predicted molar refractivity (Wildman–Crippen MR) is 124 cm³/mol. The Kier molecular flexibility index (Phi) is 6.14. The number of carbonyl (C=O) groups is 3. The molecule has 0 aliphatic carbocycles. The molecule has 0 bridgehead atoms. The zero-order valence-electron chi connectivity index (χ0n) is 16.3. The number of nitrogens with zero attached hydrogens (tertiary/aromatic N) is 2. The molecule has 3 amide bonds. The van der Waals surface area contributed by atoms with Gasteiger partial charge in [-0.25, -0.2) is 0 Å². The number of ether oxygens (including phenoxy) is 1. The van der Waals surface area contributed by atoms with Crippen molar-refractivity contribution in [3.63, 3.8) is 0 Å². The number of rotatable bonds is 4. The molecule has 2 aromatic carbocycles. The van der Waals surface area contributed by atoms with Crippen molar-refractivity contribution in [3.8, 4) is 5.75 Å². The Morgan fingerprint density at radius 2 is 1.97 bits per heavy atom. The van der Waals surface area contributed by atoms with E-state index in [-0.39, 0.29) is 12.5 Å². The van der Waals surface area contributed by atoms with E-state index in [2.05, 4.69) is 28.7 Å². The molecule has 0 atom stereocenters. The standard InChI is InChI=1S/C22H19IN2O4S/c1-29-18-7-6-14(10-17(18)23)11-19-21(27)25(22(28)30-19)13-20(26)24-9-8-15-4-2-3-5-16(15)12-24/h2-7,10-11H,8-9,12-13H2,1H3/b19-11-. The lowest BCUT2D eigenvalue weighted by Crippen LogP contribution is -2.44. The van der Waals surface area contributed by atoms with Crippen molar-refractivity contribution in [2.75, 3.05) is 20.2 Å². The summed E-state index contributed by atoms with van der Waals surface area (Å²) in [6, 6.07) is 13.5. The SMILES string of the molecule is COc1ccc(/C=C2\SC(=O)N(CC(=O)N3CCc4ccccc4C3)C2=O)cc1I. The van der Waals surface area contributed by atoms with Crippen molar-refractivity contribution >= 4 is 57.5 Å². The number of hydrogen-bond donors (Lipinski definition) is 0. The van der Waals surface area contributed by atoms with Gasteiger partial charge in [-0.3, -0.25) is 19.3 Å². The Hall–Kier alpha value is -2.33. The fourth-order valence-corrected chi connectivity index (χ4v) is 5.10. The van der Waals surface area contributed by atoms with Gasteiger partial charge >= 0.3 is 0 Å². The Morgan fingerprint density at radius 1 is 1.20 bits per heavy atom. The summed E-state index contributed by atoms with van der Waals surface area (Å²) in [5, 5.41) is -0.416. The van der Waals surface area contributed by atoms with Crippen molar-refractivity contribution in [2.45, 2.75) is 13.0 Å². The Balaban J connectivity index is 1.45. The van der Waals surface area contributed by atoms with Crippen LogP contribution in [0.3, 0.4) is 0 Å². The summed E-state index contributed by atoms with van der Waals surface area (Å²) in [4.78, 5) is 41.0. The number of methoxy groups -OCH3 is 1. The van der Waals surface area contributed by atoms with E-state index in [0.29, 0.717) is 18.0 Å². The molecular formula is C22H19IN2O4S. The molecular weight excluding hydrogens is 515 g/mol. The van der Waals surface area contributed by atoms with Crippen LogP contribution in [-0.4, -0.2) is 47.1 Å². The molecule has 8 heteroatoms. The summed E-state index contributed by atoms with van der Waals surface area (Å²) < 4.78 is 6.15. The first kappa shape index (κ1) is 20.9. The van der Waals surface area contributed by atoms with Gasteiger partial charge in [-0.15, -0.1) is 0 Å². The second-order valence-corrected chi connectivity index (χ2v) is 9.15. The van der Waals surface area contributed by atoms with E-state index in [1.807, 2.05) is 36.4 Å². The van der Waals surface area contributed by atoms with E-state index >= 15 is 0 Å². The van der Waals surface area contributed by atoms with Gasteiger partial charge in [0.2, 0.25) is 5.91 Å². The maximum Gasteiger partial charge on any atom is 0.294 e. The van der Waals surface area contributed by atoms with E-state index in [9.17, 15) is 14.4 Å². The van der Waals surface area contributed by atoms with Crippen LogP contribution in [0.2, 0.25) is 0 Å². The van der Waals surface area contributed by atoms with E-state index in [1.54, 1.807) is 18.1 Å². The fraction of sp³-hybridized carbons (Fsp3) is 0.227. The highest BCUT2D eigenvalue weighted by Crippen LogP contribution is 2.33. The molecule has 6 nitrogen and oxygen atoms in total. The van der Waals surface area contributed by atoms with Crippen LogP contribution in [0.1, 0.15) is 16.7 Å². The van der Waals surface area contributed by atoms with Crippen LogP contribution in [-0.2, 0) is 22.6 Å². The van der Waals surface area contributed by atoms with Crippen molar-refractivity contribution in [2.24, 2.45) is 0 Å². The summed E-state index contributed by atoms with van der Waals surface area (Å²) in [5.41, 5.74) is 3.15. The quantitative estimate of drug-likeness (QED) is 0.440. The fourth-order valence-electron chi connectivity index (χ4n) is 3.50. The van der Waals surface area contributed by atoms with Gasteiger partial charge in [0, 0.05) is 13.1 Å². The van der Waals surface area contributed by atoms with Crippen LogP contribution in [0, 0.1) is 3.57 Å². The maximum atomic E-state index is 12.8. The van der Waals surface area contributed by atoms with Gasteiger partial charge in [-0.05, 0) is 75.7 Å². The number of hydrogen-bond acceptors (Lipinski definition) is 5. The van der Waals surface area contributed by atoms with Crippen LogP contribution in [0.5, 0.6) is 5.75 Å². The third kappa shape index (κ3) is 4.24. The minimum atomic E-state index is -0.429. The molecule has 2 aliphatic heterocycles. The average molecular weight is 534 g/mol. The molecule has 4 rings (SSSR count). The molecule has 0 N–H and O–H groups in total. The highest BCUT2D eigenvalue weighted by Gasteiger charge is 2.37. The first-order valence-electron chi connectivity index (χ1n) is 9.39.